The molecule has 0 aliphatic carbocycles. The third-order valence-corrected chi connectivity index (χ3v) is 4.28. The number of amides is 1. The SMILES string of the molecule is CN(Cc1ccccc1Cl)C(=O)C1Cc2ccccc2C(=O)O1. The van der Waals surface area contributed by atoms with Crippen LogP contribution in [0.15, 0.2) is 48.5 Å². The maximum atomic E-state index is 12.6. The number of halogens is 1. The van der Waals surface area contributed by atoms with Crippen LogP contribution in [0.3, 0.4) is 0 Å². The van der Waals surface area contributed by atoms with Crippen molar-refractivity contribution in [1.29, 1.82) is 0 Å². The molecule has 0 saturated carbocycles. The van der Waals surface area contributed by atoms with E-state index in [0.29, 0.717) is 23.6 Å². The third kappa shape index (κ3) is 3.22. The summed E-state index contributed by atoms with van der Waals surface area (Å²) in [6.45, 7) is 0.369. The lowest BCUT2D eigenvalue weighted by molar-refractivity contribution is -0.140. The summed E-state index contributed by atoms with van der Waals surface area (Å²) < 4.78 is 5.30. The fourth-order valence-electron chi connectivity index (χ4n) is 2.68. The average Bonchev–Trinajstić information content (AvgIpc) is 2.56. The maximum absolute atomic E-state index is 12.6. The van der Waals surface area contributed by atoms with Gasteiger partial charge in [0.15, 0.2) is 6.10 Å². The van der Waals surface area contributed by atoms with Crippen LogP contribution in [-0.4, -0.2) is 29.9 Å². The highest BCUT2D eigenvalue weighted by atomic mass is 35.5. The zero-order valence-electron chi connectivity index (χ0n) is 12.7. The van der Waals surface area contributed by atoms with Crippen LogP contribution in [0, 0.1) is 0 Å². The Hall–Kier alpha value is -2.33. The normalized spacial score (nSPS) is 16.4. The van der Waals surface area contributed by atoms with E-state index in [1.54, 1.807) is 25.2 Å². The zero-order chi connectivity index (χ0) is 16.4. The molecule has 0 spiro atoms. The molecule has 0 saturated heterocycles. The summed E-state index contributed by atoms with van der Waals surface area (Å²) in [6.07, 6.45) is -0.391. The molecule has 1 aliphatic heterocycles. The van der Waals surface area contributed by atoms with E-state index in [2.05, 4.69) is 0 Å². The summed E-state index contributed by atoms with van der Waals surface area (Å²) in [4.78, 5) is 26.1. The molecular formula is C18H16ClNO3. The van der Waals surface area contributed by atoms with Crippen molar-refractivity contribution in [2.24, 2.45) is 0 Å². The van der Waals surface area contributed by atoms with E-state index in [4.69, 9.17) is 16.3 Å². The molecule has 1 unspecified atom stereocenters. The van der Waals surface area contributed by atoms with Crippen LogP contribution in [0.1, 0.15) is 21.5 Å². The number of nitrogens with zero attached hydrogens (tertiary/aromatic N) is 1. The Morgan fingerprint density at radius 1 is 1.22 bits per heavy atom. The number of hydrogen-bond acceptors (Lipinski definition) is 3. The van der Waals surface area contributed by atoms with E-state index in [-0.39, 0.29) is 5.91 Å². The molecule has 1 aliphatic rings. The number of ether oxygens (including phenoxy) is 1. The van der Waals surface area contributed by atoms with Crippen molar-refractivity contribution in [1.82, 2.24) is 4.90 Å². The van der Waals surface area contributed by atoms with Crippen LogP contribution in [-0.2, 0) is 22.5 Å². The molecule has 5 heteroatoms. The largest absolute Gasteiger partial charge is 0.448 e. The zero-order valence-corrected chi connectivity index (χ0v) is 13.4. The first kappa shape index (κ1) is 15.6. The molecule has 1 heterocycles. The number of likely N-dealkylation sites (N-methyl/N-ethyl adjacent to an activating group) is 1. The molecule has 0 N–H and O–H groups in total. The van der Waals surface area contributed by atoms with Crippen molar-refractivity contribution in [3.05, 3.63) is 70.2 Å². The van der Waals surface area contributed by atoms with Gasteiger partial charge in [-0.3, -0.25) is 4.79 Å². The van der Waals surface area contributed by atoms with E-state index in [0.717, 1.165) is 11.1 Å². The quantitative estimate of drug-likeness (QED) is 0.813. The Kier molecular flexibility index (Phi) is 4.35. The van der Waals surface area contributed by atoms with Crippen LogP contribution in [0.2, 0.25) is 5.02 Å². The van der Waals surface area contributed by atoms with E-state index in [1.165, 1.54) is 4.90 Å². The van der Waals surface area contributed by atoms with Gasteiger partial charge in [0.05, 0.1) is 5.56 Å². The Labute approximate surface area is 139 Å². The van der Waals surface area contributed by atoms with Gasteiger partial charge < -0.3 is 9.64 Å². The highest BCUT2D eigenvalue weighted by Crippen LogP contribution is 2.23. The van der Waals surface area contributed by atoms with E-state index >= 15 is 0 Å². The molecule has 1 amide bonds. The molecular weight excluding hydrogens is 314 g/mol. The van der Waals surface area contributed by atoms with Crippen molar-refractivity contribution < 1.29 is 14.3 Å². The van der Waals surface area contributed by atoms with Gasteiger partial charge in [0.25, 0.3) is 5.91 Å². The van der Waals surface area contributed by atoms with Gasteiger partial charge in [-0.2, -0.15) is 0 Å². The summed E-state index contributed by atoms with van der Waals surface area (Å²) in [5.41, 5.74) is 2.23. The molecule has 2 aromatic rings. The topological polar surface area (TPSA) is 46.6 Å². The Morgan fingerprint density at radius 2 is 1.91 bits per heavy atom. The first-order valence-corrected chi connectivity index (χ1v) is 7.71. The predicted octanol–water partition coefficient (Wildman–Crippen LogP) is 3.08. The lowest BCUT2D eigenvalue weighted by Gasteiger charge is -2.27. The lowest BCUT2D eigenvalue weighted by Crippen LogP contribution is -2.42. The summed E-state index contributed by atoms with van der Waals surface area (Å²) in [5, 5.41) is 0.609. The van der Waals surface area contributed by atoms with Crippen LogP contribution >= 0.6 is 11.6 Å². The van der Waals surface area contributed by atoms with E-state index in [9.17, 15) is 9.59 Å². The fraction of sp³-hybridized carbons (Fsp3) is 0.222. The van der Waals surface area contributed by atoms with Crippen molar-refractivity contribution in [2.75, 3.05) is 7.05 Å². The first-order chi connectivity index (χ1) is 11.1. The molecule has 0 bridgehead atoms. The van der Waals surface area contributed by atoms with Gasteiger partial charge in [-0.15, -0.1) is 0 Å². The number of rotatable bonds is 3. The molecule has 1 atom stereocenters. The molecule has 118 valence electrons. The highest BCUT2D eigenvalue weighted by molar-refractivity contribution is 6.31. The molecule has 0 aromatic heterocycles. The van der Waals surface area contributed by atoms with Gasteiger partial charge in [-0.1, -0.05) is 48.0 Å². The summed E-state index contributed by atoms with van der Waals surface area (Å²) in [6, 6.07) is 14.6. The number of benzene rings is 2. The van der Waals surface area contributed by atoms with Gasteiger partial charge in [-0.05, 0) is 23.3 Å². The number of carbonyl (C=O) groups is 2. The minimum absolute atomic E-state index is 0.229. The van der Waals surface area contributed by atoms with Crippen LogP contribution in [0.5, 0.6) is 0 Å². The van der Waals surface area contributed by atoms with Gasteiger partial charge >= 0.3 is 5.97 Å². The monoisotopic (exact) mass is 329 g/mol. The average molecular weight is 330 g/mol. The molecule has 23 heavy (non-hydrogen) atoms. The second-order valence-corrected chi connectivity index (χ2v) is 5.95. The number of carbonyl (C=O) groups excluding carboxylic acids is 2. The van der Waals surface area contributed by atoms with E-state index in [1.807, 2.05) is 30.3 Å². The second kappa shape index (κ2) is 6.42. The summed E-state index contributed by atoms with van der Waals surface area (Å²) in [7, 11) is 1.68. The molecule has 2 aromatic carbocycles. The maximum Gasteiger partial charge on any atom is 0.339 e. The highest BCUT2D eigenvalue weighted by Gasteiger charge is 2.32. The Balaban J connectivity index is 1.74. The molecule has 0 fully saturated rings. The molecule has 0 radical (unpaired) electrons. The predicted molar refractivity (Wildman–Crippen MR) is 87.3 cm³/mol. The standard InChI is InChI=1S/C18H16ClNO3/c1-20(11-13-7-3-5-9-15(13)19)17(21)16-10-12-6-2-4-8-14(12)18(22)23-16/h2-9,16H,10-11H2,1H3. The number of hydrogen-bond donors (Lipinski definition) is 0. The van der Waals surface area contributed by atoms with Crippen LogP contribution in [0.4, 0.5) is 0 Å². The van der Waals surface area contributed by atoms with Crippen LogP contribution in [0.25, 0.3) is 0 Å². The smallest absolute Gasteiger partial charge is 0.339 e. The second-order valence-electron chi connectivity index (χ2n) is 5.54. The fourth-order valence-corrected chi connectivity index (χ4v) is 2.87. The molecule has 3 rings (SSSR count). The van der Waals surface area contributed by atoms with Gasteiger partial charge in [-0.25, -0.2) is 4.79 Å². The number of fused-ring (bicyclic) bond motifs is 1. The minimum atomic E-state index is -0.787. The van der Waals surface area contributed by atoms with Crippen molar-refractivity contribution >= 4 is 23.5 Å². The third-order valence-electron chi connectivity index (χ3n) is 3.91. The van der Waals surface area contributed by atoms with Crippen molar-refractivity contribution in [2.45, 2.75) is 19.1 Å². The van der Waals surface area contributed by atoms with Crippen molar-refractivity contribution in [3.8, 4) is 0 Å². The number of cyclic esters (lactones) is 1. The Bertz CT molecular complexity index is 759. The van der Waals surface area contributed by atoms with Gasteiger partial charge in [0, 0.05) is 25.0 Å². The van der Waals surface area contributed by atoms with E-state index < -0.39 is 12.1 Å². The minimum Gasteiger partial charge on any atom is -0.448 e. The number of esters is 1. The Morgan fingerprint density at radius 3 is 2.70 bits per heavy atom. The van der Waals surface area contributed by atoms with Gasteiger partial charge in [0.2, 0.25) is 0 Å². The first-order valence-electron chi connectivity index (χ1n) is 7.33. The van der Waals surface area contributed by atoms with Gasteiger partial charge in [0.1, 0.15) is 0 Å². The summed E-state index contributed by atoms with van der Waals surface area (Å²) >= 11 is 6.13. The summed E-state index contributed by atoms with van der Waals surface area (Å²) in [5.74, 6) is -0.677. The van der Waals surface area contributed by atoms with Crippen LogP contribution < -0.4 is 0 Å². The molecule has 4 nitrogen and oxygen atoms in total. The van der Waals surface area contributed by atoms with Crippen molar-refractivity contribution in [3.63, 3.8) is 0 Å². The lowest BCUT2D eigenvalue weighted by atomic mass is 9.98.